The number of aliphatic carboxylic acids is 1. The summed E-state index contributed by atoms with van der Waals surface area (Å²) in [5, 5.41) is 12.2. The molecule has 5 heteroatoms. The van der Waals surface area contributed by atoms with Crippen molar-refractivity contribution in [3.63, 3.8) is 0 Å². The summed E-state index contributed by atoms with van der Waals surface area (Å²) in [4.78, 5) is 23.2. The van der Waals surface area contributed by atoms with Crippen LogP contribution in [0.5, 0.6) is 0 Å². The van der Waals surface area contributed by atoms with Crippen molar-refractivity contribution in [3.8, 4) is 0 Å². The standard InChI is InChI=1S/C13H21NO4/c1-11(2,3)18-10(17)14-13(5-4-6-13)12(7-8-12)9(15)16/h4-8H2,1-3H3,(H,14,17)(H,15,16). The lowest BCUT2D eigenvalue weighted by Gasteiger charge is -2.47. The van der Waals surface area contributed by atoms with Gasteiger partial charge in [-0.3, -0.25) is 4.79 Å². The third-order valence-electron chi connectivity index (χ3n) is 4.02. The number of carboxylic acids is 1. The third-order valence-corrected chi connectivity index (χ3v) is 4.02. The number of carbonyl (C=O) groups excluding carboxylic acids is 1. The molecule has 2 N–H and O–H groups in total. The molecule has 5 nitrogen and oxygen atoms in total. The maximum atomic E-state index is 11.8. The number of carboxylic acid groups (broad SMARTS) is 1. The Kier molecular flexibility index (Phi) is 2.83. The average molecular weight is 255 g/mol. The van der Waals surface area contributed by atoms with Crippen molar-refractivity contribution in [3.05, 3.63) is 0 Å². The van der Waals surface area contributed by atoms with Gasteiger partial charge in [0.2, 0.25) is 0 Å². The van der Waals surface area contributed by atoms with Gasteiger partial charge in [0, 0.05) is 0 Å². The summed E-state index contributed by atoms with van der Waals surface area (Å²) >= 11 is 0. The minimum absolute atomic E-state index is 0.505. The average Bonchev–Trinajstić information content (AvgIpc) is 2.88. The van der Waals surface area contributed by atoms with Crippen LogP contribution in [0, 0.1) is 5.41 Å². The number of amides is 1. The Hall–Kier alpha value is -1.26. The molecule has 0 bridgehead atoms. The fourth-order valence-corrected chi connectivity index (χ4v) is 2.77. The van der Waals surface area contributed by atoms with Crippen molar-refractivity contribution >= 4 is 12.1 Å². The van der Waals surface area contributed by atoms with Gasteiger partial charge in [0.25, 0.3) is 0 Å². The van der Waals surface area contributed by atoms with Crippen LogP contribution in [0.4, 0.5) is 4.79 Å². The summed E-state index contributed by atoms with van der Waals surface area (Å²) < 4.78 is 5.23. The highest BCUT2D eigenvalue weighted by Gasteiger charge is 2.67. The Bertz CT molecular complexity index is 375. The molecule has 0 saturated heterocycles. The second-order valence-corrected chi connectivity index (χ2v) is 6.45. The molecule has 2 aliphatic carbocycles. The summed E-state index contributed by atoms with van der Waals surface area (Å²) in [6, 6.07) is 0. The number of ether oxygens (including phenoxy) is 1. The monoisotopic (exact) mass is 255 g/mol. The van der Waals surface area contributed by atoms with Crippen LogP contribution in [0.2, 0.25) is 0 Å². The zero-order valence-electron chi connectivity index (χ0n) is 11.2. The van der Waals surface area contributed by atoms with E-state index in [1.807, 2.05) is 0 Å². The molecule has 0 aromatic carbocycles. The van der Waals surface area contributed by atoms with Crippen LogP contribution >= 0.6 is 0 Å². The van der Waals surface area contributed by atoms with Crippen LogP contribution in [-0.4, -0.2) is 28.3 Å². The van der Waals surface area contributed by atoms with E-state index < -0.39 is 28.6 Å². The highest BCUT2D eigenvalue weighted by atomic mass is 16.6. The molecule has 2 rings (SSSR count). The largest absolute Gasteiger partial charge is 0.481 e. The van der Waals surface area contributed by atoms with Crippen LogP contribution < -0.4 is 5.32 Å². The molecule has 2 fully saturated rings. The summed E-state index contributed by atoms with van der Waals surface area (Å²) in [6.45, 7) is 5.39. The number of rotatable bonds is 3. The minimum atomic E-state index is -0.793. The second-order valence-electron chi connectivity index (χ2n) is 6.45. The quantitative estimate of drug-likeness (QED) is 0.811. The predicted octanol–water partition coefficient (Wildman–Crippen LogP) is 2.30. The van der Waals surface area contributed by atoms with Crippen LogP contribution in [-0.2, 0) is 9.53 Å². The molecule has 0 radical (unpaired) electrons. The fraction of sp³-hybridized carbons (Fsp3) is 0.846. The molecule has 2 saturated carbocycles. The van der Waals surface area contributed by atoms with Crippen molar-refractivity contribution in [2.45, 2.75) is 64.0 Å². The molecule has 0 aliphatic heterocycles. The first-order valence-corrected chi connectivity index (χ1v) is 6.45. The van der Waals surface area contributed by atoms with Crippen molar-refractivity contribution < 1.29 is 19.4 Å². The normalized spacial score (nSPS) is 23.7. The van der Waals surface area contributed by atoms with Gasteiger partial charge in [0.1, 0.15) is 5.60 Å². The van der Waals surface area contributed by atoms with E-state index in [1.165, 1.54) is 0 Å². The van der Waals surface area contributed by atoms with Crippen LogP contribution in [0.15, 0.2) is 0 Å². The molecule has 1 amide bonds. The van der Waals surface area contributed by atoms with Crippen LogP contribution in [0.3, 0.4) is 0 Å². The van der Waals surface area contributed by atoms with Crippen molar-refractivity contribution in [1.29, 1.82) is 0 Å². The zero-order chi connectivity index (χ0) is 13.6. The molecule has 0 aromatic heterocycles. The molecule has 0 atom stereocenters. The molecule has 102 valence electrons. The Balaban J connectivity index is 2.06. The first kappa shape index (κ1) is 13.2. The minimum Gasteiger partial charge on any atom is -0.481 e. The lowest BCUT2D eigenvalue weighted by atomic mass is 9.65. The van der Waals surface area contributed by atoms with E-state index in [-0.39, 0.29) is 0 Å². The molecule has 18 heavy (non-hydrogen) atoms. The van der Waals surface area contributed by atoms with E-state index in [1.54, 1.807) is 20.8 Å². The highest BCUT2D eigenvalue weighted by molar-refractivity contribution is 5.82. The van der Waals surface area contributed by atoms with E-state index >= 15 is 0 Å². The van der Waals surface area contributed by atoms with Crippen LogP contribution in [0.25, 0.3) is 0 Å². The Morgan fingerprint density at radius 1 is 1.17 bits per heavy atom. The Labute approximate surface area is 107 Å². The molecular formula is C13H21NO4. The highest BCUT2D eigenvalue weighted by Crippen LogP contribution is 2.61. The zero-order valence-corrected chi connectivity index (χ0v) is 11.2. The van der Waals surface area contributed by atoms with Crippen LogP contribution in [0.1, 0.15) is 52.9 Å². The van der Waals surface area contributed by atoms with Gasteiger partial charge in [0.15, 0.2) is 0 Å². The van der Waals surface area contributed by atoms with E-state index in [2.05, 4.69) is 5.32 Å². The van der Waals surface area contributed by atoms with Crippen molar-refractivity contribution in [2.24, 2.45) is 5.41 Å². The van der Waals surface area contributed by atoms with Crippen molar-refractivity contribution in [2.75, 3.05) is 0 Å². The molecule has 0 spiro atoms. The number of alkyl carbamates (subject to hydrolysis) is 1. The fourth-order valence-electron chi connectivity index (χ4n) is 2.77. The van der Waals surface area contributed by atoms with Gasteiger partial charge in [-0.1, -0.05) is 0 Å². The molecule has 0 heterocycles. The van der Waals surface area contributed by atoms with E-state index in [0.29, 0.717) is 12.8 Å². The van der Waals surface area contributed by atoms with E-state index in [4.69, 9.17) is 4.74 Å². The number of hydrogen-bond donors (Lipinski definition) is 2. The summed E-state index contributed by atoms with van der Waals surface area (Å²) in [5.41, 5.74) is -1.89. The first-order valence-electron chi connectivity index (χ1n) is 6.45. The van der Waals surface area contributed by atoms with Crippen molar-refractivity contribution in [1.82, 2.24) is 5.32 Å². The predicted molar refractivity (Wildman–Crippen MR) is 65.3 cm³/mol. The molecule has 0 aromatic rings. The van der Waals surface area contributed by atoms with Gasteiger partial charge >= 0.3 is 12.1 Å². The molecule has 0 unspecified atom stereocenters. The van der Waals surface area contributed by atoms with Gasteiger partial charge < -0.3 is 15.2 Å². The van der Waals surface area contributed by atoms with Gasteiger partial charge in [-0.15, -0.1) is 0 Å². The first-order chi connectivity index (χ1) is 8.21. The third kappa shape index (κ3) is 2.06. The molecule has 2 aliphatic rings. The SMILES string of the molecule is CC(C)(C)OC(=O)NC1(C2(C(=O)O)CC2)CCC1. The maximum Gasteiger partial charge on any atom is 0.408 e. The Morgan fingerprint density at radius 2 is 1.72 bits per heavy atom. The molecular weight excluding hydrogens is 234 g/mol. The van der Waals surface area contributed by atoms with Gasteiger partial charge in [-0.2, -0.15) is 0 Å². The smallest absolute Gasteiger partial charge is 0.408 e. The summed E-state index contributed by atoms with van der Waals surface area (Å²) in [5.74, 6) is -0.793. The second kappa shape index (κ2) is 3.87. The summed E-state index contributed by atoms with van der Waals surface area (Å²) in [6.07, 6.45) is 3.23. The Morgan fingerprint density at radius 3 is 2.00 bits per heavy atom. The number of carbonyl (C=O) groups is 2. The lowest BCUT2D eigenvalue weighted by molar-refractivity contribution is -0.149. The van der Waals surface area contributed by atoms with E-state index in [0.717, 1.165) is 19.3 Å². The maximum absolute atomic E-state index is 11.8. The number of nitrogens with one attached hydrogen (secondary N) is 1. The van der Waals surface area contributed by atoms with E-state index in [9.17, 15) is 14.7 Å². The van der Waals surface area contributed by atoms with Gasteiger partial charge in [-0.05, 0) is 52.9 Å². The topological polar surface area (TPSA) is 75.6 Å². The van der Waals surface area contributed by atoms with Gasteiger partial charge in [0.05, 0.1) is 11.0 Å². The number of hydrogen-bond acceptors (Lipinski definition) is 3. The van der Waals surface area contributed by atoms with Gasteiger partial charge in [-0.25, -0.2) is 4.79 Å². The lowest BCUT2D eigenvalue weighted by Crippen LogP contribution is -2.62. The summed E-state index contributed by atoms with van der Waals surface area (Å²) in [7, 11) is 0.